The number of aliphatic hydroxyl groups excluding tert-OH is 1. The molecule has 1 aliphatic rings. The summed E-state index contributed by atoms with van der Waals surface area (Å²) in [5.74, 6) is -0.937. The number of ether oxygens (including phenoxy) is 2. The van der Waals surface area contributed by atoms with Crippen molar-refractivity contribution in [2.24, 2.45) is 0 Å². The average Bonchev–Trinajstić information content (AvgIpc) is 3.11. The molecule has 2 heterocycles. The molecule has 1 amide bonds. The molecule has 3 aromatic rings. The number of amides is 1. The van der Waals surface area contributed by atoms with Gasteiger partial charge in [0.05, 0.1) is 29.9 Å². The summed E-state index contributed by atoms with van der Waals surface area (Å²) in [4.78, 5) is 31.9. The lowest BCUT2D eigenvalue weighted by molar-refractivity contribution is -0.132. The Kier molecular flexibility index (Phi) is 6.84. The zero-order valence-electron chi connectivity index (χ0n) is 18.7. The predicted octanol–water partition coefficient (Wildman–Crippen LogP) is 5.16. The molecule has 2 aromatic carbocycles. The Labute approximate surface area is 202 Å². The Morgan fingerprint density at radius 2 is 1.76 bits per heavy atom. The minimum atomic E-state index is -0.869. The van der Waals surface area contributed by atoms with Crippen LogP contribution in [0, 0.1) is 0 Å². The third-order valence-electron chi connectivity index (χ3n) is 5.38. The van der Waals surface area contributed by atoms with Crippen molar-refractivity contribution in [2.75, 3.05) is 18.1 Å². The summed E-state index contributed by atoms with van der Waals surface area (Å²) in [5.41, 5.74) is 1.37. The van der Waals surface area contributed by atoms with Crippen molar-refractivity contribution < 1.29 is 24.2 Å². The summed E-state index contributed by atoms with van der Waals surface area (Å²) in [6, 6.07) is 14.2. The molecule has 0 bridgehead atoms. The highest BCUT2D eigenvalue weighted by Gasteiger charge is 2.47. The molecule has 4 rings (SSSR count). The zero-order valence-corrected chi connectivity index (χ0v) is 19.5. The lowest BCUT2D eigenvalue weighted by Gasteiger charge is -2.25. The van der Waals surface area contributed by atoms with Gasteiger partial charge in [0, 0.05) is 29.7 Å². The third kappa shape index (κ3) is 4.34. The minimum absolute atomic E-state index is 0.0391. The zero-order chi connectivity index (χ0) is 24.2. The van der Waals surface area contributed by atoms with Gasteiger partial charge in [0.25, 0.3) is 11.7 Å². The van der Waals surface area contributed by atoms with E-state index in [-0.39, 0.29) is 11.3 Å². The van der Waals surface area contributed by atoms with Gasteiger partial charge in [0.15, 0.2) is 0 Å². The number of Topliss-reactive ketones (excluding diaryl/α,β-unsaturated/α-hetero) is 1. The Morgan fingerprint density at radius 1 is 1.03 bits per heavy atom. The molecule has 34 heavy (non-hydrogen) atoms. The van der Waals surface area contributed by atoms with Crippen LogP contribution < -0.4 is 14.4 Å². The SMILES string of the molecule is CCOc1cccc(N2C(=O)C(=O)/C(=C(/O)c3ccc(Cl)c(OCC)c3)C2c2ccncc2)c1. The standard InChI is InChI=1S/C26H23ClN2O5/c1-3-33-19-7-5-6-18(15-19)29-23(16-10-12-28-13-11-16)22(25(31)26(29)32)24(30)17-8-9-20(27)21(14-17)34-4-2/h5-15,23,30H,3-4H2,1-2H3/b24-22+. The number of pyridine rings is 1. The molecule has 1 atom stereocenters. The second-order valence-electron chi connectivity index (χ2n) is 7.46. The van der Waals surface area contributed by atoms with E-state index in [9.17, 15) is 14.7 Å². The van der Waals surface area contributed by atoms with Gasteiger partial charge in [-0.2, -0.15) is 0 Å². The summed E-state index contributed by atoms with van der Waals surface area (Å²) < 4.78 is 11.1. The molecule has 8 heteroatoms. The summed E-state index contributed by atoms with van der Waals surface area (Å²) >= 11 is 6.19. The van der Waals surface area contributed by atoms with Crippen LogP contribution in [-0.4, -0.2) is 35.0 Å². The number of hydrogen-bond acceptors (Lipinski definition) is 6. The minimum Gasteiger partial charge on any atom is -0.507 e. The van der Waals surface area contributed by atoms with E-state index in [1.54, 1.807) is 67.0 Å². The van der Waals surface area contributed by atoms with Crippen molar-refractivity contribution in [1.29, 1.82) is 0 Å². The van der Waals surface area contributed by atoms with Crippen LogP contribution in [0.15, 0.2) is 72.6 Å². The third-order valence-corrected chi connectivity index (χ3v) is 5.69. The molecular weight excluding hydrogens is 456 g/mol. The number of halogens is 1. The van der Waals surface area contributed by atoms with Crippen LogP contribution in [0.25, 0.3) is 5.76 Å². The predicted molar refractivity (Wildman–Crippen MR) is 129 cm³/mol. The Hall–Kier alpha value is -3.84. The van der Waals surface area contributed by atoms with Crippen LogP contribution in [0.2, 0.25) is 5.02 Å². The molecule has 1 fully saturated rings. The lowest BCUT2D eigenvalue weighted by Crippen LogP contribution is -2.29. The maximum atomic E-state index is 13.3. The molecule has 1 unspecified atom stereocenters. The number of carbonyl (C=O) groups excluding carboxylic acids is 2. The van der Waals surface area contributed by atoms with Gasteiger partial charge >= 0.3 is 0 Å². The molecule has 1 saturated heterocycles. The van der Waals surface area contributed by atoms with Crippen LogP contribution >= 0.6 is 11.6 Å². The second kappa shape index (κ2) is 9.97. The van der Waals surface area contributed by atoms with E-state index in [1.165, 1.54) is 4.90 Å². The topological polar surface area (TPSA) is 89.0 Å². The van der Waals surface area contributed by atoms with Gasteiger partial charge in [-0.15, -0.1) is 0 Å². The van der Waals surface area contributed by atoms with Gasteiger partial charge in [-0.25, -0.2) is 0 Å². The number of hydrogen-bond donors (Lipinski definition) is 1. The van der Waals surface area contributed by atoms with E-state index >= 15 is 0 Å². The molecular formula is C26H23ClN2O5. The van der Waals surface area contributed by atoms with Crippen LogP contribution in [0.3, 0.4) is 0 Å². The molecule has 1 aromatic heterocycles. The van der Waals surface area contributed by atoms with Gasteiger partial charge in [0.2, 0.25) is 0 Å². The van der Waals surface area contributed by atoms with Crippen LogP contribution in [0.4, 0.5) is 5.69 Å². The van der Waals surface area contributed by atoms with Gasteiger partial charge in [-0.3, -0.25) is 19.5 Å². The summed E-state index contributed by atoms with van der Waals surface area (Å²) in [5, 5.41) is 11.6. The summed E-state index contributed by atoms with van der Waals surface area (Å²) in [6.45, 7) is 4.50. The fraction of sp³-hybridized carbons (Fsp3) is 0.192. The first-order chi connectivity index (χ1) is 16.5. The highest BCUT2D eigenvalue weighted by Crippen LogP contribution is 2.43. The van der Waals surface area contributed by atoms with Crippen molar-refractivity contribution in [2.45, 2.75) is 19.9 Å². The first-order valence-corrected chi connectivity index (χ1v) is 11.2. The molecule has 0 aliphatic carbocycles. The number of rotatable bonds is 7. The number of ketones is 1. The van der Waals surface area contributed by atoms with Gasteiger partial charge in [-0.1, -0.05) is 17.7 Å². The molecule has 174 valence electrons. The van der Waals surface area contributed by atoms with Crippen molar-refractivity contribution in [3.63, 3.8) is 0 Å². The van der Waals surface area contributed by atoms with E-state index in [1.807, 2.05) is 13.8 Å². The Bertz CT molecular complexity index is 1260. The first-order valence-electron chi connectivity index (χ1n) is 10.8. The van der Waals surface area contributed by atoms with E-state index in [0.29, 0.717) is 46.5 Å². The molecule has 0 saturated carbocycles. The van der Waals surface area contributed by atoms with Crippen LogP contribution in [0.5, 0.6) is 11.5 Å². The number of aromatic nitrogens is 1. The molecule has 0 radical (unpaired) electrons. The van der Waals surface area contributed by atoms with E-state index in [0.717, 1.165) is 0 Å². The van der Waals surface area contributed by atoms with Gasteiger partial charge in [-0.05, 0) is 61.9 Å². The highest BCUT2D eigenvalue weighted by molar-refractivity contribution is 6.51. The van der Waals surface area contributed by atoms with Crippen molar-refractivity contribution in [3.05, 3.63) is 88.7 Å². The van der Waals surface area contributed by atoms with Gasteiger partial charge < -0.3 is 14.6 Å². The largest absolute Gasteiger partial charge is 0.507 e. The normalized spacial score (nSPS) is 17.1. The van der Waals surface area contributed by atoms with Crippen molar-refractivity contribution in [1.82, 2.24) is 4.98 Å². The number of nitrogens with zero attached hydrogens (tertiary/aromatic N) is 2. The maximum Gasteiger partial charge on any atom is 0.300 e. The molecule has 0 spiro atoms. The maximum absolute atomic E-state index is 13.3. The van der Waals surface area contributed by atoms with Crippen LogP contribution in [0.1, 0.15) is 31.0 Å². The average molecular weight is 479 g/mol. The Morgan fingerprint density at radius 3 is 2.47 bits per heavy atom. The van der Waals surface area contributed by atoms with Crippen molar-refractivity contribution >= 4 is 34.7 Å². The second-order valence-corrected chi connectivity index (χ2v) is 7.87. The van der Waals surface area contributed by atoms with Gasteiger partial charge in [0.1, 0.15) is 17.3 Å². The van der Waals surface area contributed by atoms with E-state index in [4.69, 9.17) is 21.1 Å². The molecule has 7 nitrogen and oxygen atoms in total. The van der Waals surface area contributed by atoms with Crippen molar-refractivity contribution in [3.8, 4) is 11.5 Å². The molecule has 1 N–H and O–H groups in total. The number of anilines is 1. The fourth-order valence-corrected chi connectivity index (χ4v) is 4.09. The number of aliphatic hydroxyl groups is 1. The lowest BCUT2D eigenvalue weighted by atomic mass is 9.95. The van der Waals surface area contributed by atoms with Crippen LogP contribution in [-0.2, 0) is 9.59 Å². The first kappa shape index (κ1) is 23.3. The smallest absolute Gasteiger partial charge is 0.300 e. The quantitative estimate of drug-likeness (QED) is 0.286. The number of carbonyl (C=O) groups is 2. The number of benzene rings is 2. The van der Waals surface area contributed by atoms with E-state index < -0.39 is 17.7 Å². The monoisotopic (exact) mass is 478 g/mol. The highest BCUT2D eigenvalue weighted by atomic mass is 35.5. The Balaban J connectivity index is 1.90. The summed E-state index contributed by atoms with van der Waals surface area (Å²) in [6.07, 6.45) is 3.14. The molecule has 1 aliphatic heterocycles. The summed E-state index contributed by atoms with van der Waals surface area (Å²) in [7, 11) is 0. The fourth-order valence-electron chi connectivity index (χ4n) is 3.92. The van der Waals surface area contributed by atoms with E-state index in [2.05, 4.69) is 4.98 Å².